The first-order valence-electron chi connectivity index (χ1n) is 9.92. The zero-order chi connectivity index (χ0) is 20.3. The highest BCUT2D eigenvalue weighted by molar-refractivity contribution is 5.70. The van der Waals surface area contributed by atoms with E-state index in [-0.39, 0.29) is 24.3 Å². The topological polar surface area (TPSA) is 62.3 Å². The summed E-state index contributed by atoms with van der Waals surface area (Å²) in [5.74, 6) is 0. The van der Waals surface area contributed by atoms with Crippen molar-refractivity contribution < 1.29 is 19.1 Å². The van der Waals surface area contributed by atoms with E-state index in [0.29, 0.717) is 26.2 Å². The smallest absolute Gasteiger partial charge is 0.410 e. The fraction of sp³-hybridized carbons (Fsp3) is 0.619. The summed E-state index contributed by atoms with van der Waals surface area (Å²) in [6.07, 6.45) is -0.574. The number of nitrogens with zero attached hydrogens (tertiary/aromatic N) is 3. The lowest BCUT2D eigenvalue weighted by Gasteiger charge is -2.46. The Hall–Kier alpha value is -2.28. The van der Waals surface area contributed by atoms with E-state index in [1.807, 2.05) is 45.9 Å². The number of benzene rings is 1. The van der Waals surface area contributed by atoms with Gasteiger partial charge < -0.3 is 19.3 Å². The van der Waals surface area contributed by atoms with Crippen molar-refractivity contribution in [3.8, 4) is 0 Å². The predicted molar refractivity (Wildman–Crippen MR) is 106 cm³/mol. The van der Waals surface area contributed by atoms with Crippen molar-refractivity contribution in [3.05, 3.63) is 35.9 Å². The Balaban J connectivity index is 1.75. The standard InChI is InChI=1S/C21H31N3O4/c1-16-12-23(13-17-8-6-5-7-9-17)18(14-22-10-11-27-19(22)25)15-24(16)20(26)28-21(2,3)4/h5-9,16,18H,10-15H2,1-4H3/t16-,18+/m1/s1. The van der Waals surface area contributed by atoms with Gasteiger partial charge in [-0.1, -0.05) is 30.3 Å². The minimum absolute atomic E-state index is 0.0228. The van der Waals surface area contributed by atoms with Crippen molar-refractivity contribution in [2.75, 3.05) is 32.8 Å². The number of carbonyl (C=O) groups excluding carboxylic acids is 2. The first-order valence-corrected chi connectivity index (χ1v) is 9.92. The monoisotopic (exact) mass is 389 g/mol. The van der Waals surface area contributed by atoms with Crippen LogP contribution >= 0.6 is 0 Å². The second kappa shape index (κ2) is 8.39. The molecule has 2 amide bonds. The highest BCUT2D eigenvalue weighted by Crippen LogP contribution is 2.22. The fourth-order valence-corrected chi connectivity index (χ4v) is 3.72. The molecule has 0 aromatic heterocycles. The van der Waals surface area contributed by atoms with Crippen LogP contribution in [0.1, 0.15) is 33.3 Å². The number of amides is 2. The van der Waals surface area contributed by atoms with Crippen LogP contribution in [0.3, 0.4) is 0 Å². The predicted octanol–water partition coefficient (Wildman–Crippen LogP) is 2.95. The Morgan fingerprint density at radius 3 is 2.54 bits per heavy atom. The molecule has 2 atom stereocenters. The molecule has 2 fully saturated rings. The summed E-state index contributed by atoms with van der Waals surface area (Å²) in [7, 11) is 0. The summed E-state index contributed by atoms with van der Waals surface area (Å²) < 4.78 is 10.7. The molecule has 0 aliphatic carbocycles. The van der Waals surface area contributed by atoms with Crippen molar-refractivity contribution in [2.24, 2.45) is 0 Å². The van der Waals surface area contributed by atoms with Gasteiger partial charge in [-0.15, -0.1) is 0 Å². The summed E-state index contributed by atoms with van der Waals surface area (Å²) in [5, 5.41) is 0. The van der Waals surface area contributed by atoms with Gasteiger partial charge in [0.1, 0.15) is 12.2 Å². The average Bonchev–Trinajstić information content (AvgIpc) is 3.01. The number of piperazine rings is 1. The molecular weight excluding hydrogens is 358 g/mol. The lowest BCUT2D eigenvalue weighted by molar-refractivity contribution is -0.0177. The van der Waals surface area contributed by atoms with Crippen LogP contribution in [0, 0.1) is 0 Å². The number of cyclic esters (lactones) is 1. The molecular formula is C21H31N3O4. The average molecular weight is 389 g/mol. The van der Waals surface area contributed by atoms with Crippen molar-refractivity contribution in [2.45, 2.75) is 51.9 Å². The Morgan fingerprint density at radius 1 is 1.21 bits per heavy atom. The SMILES string of the molecule is C[C@@H]1CN(Cc2ccccc2)[C@@H](CN2CCOC2=O)CN1C(=O)OC(C)(C)C. The molecule has 0 radical (unpaired) electrons. The largest absolute Gasteiger partial charge is 0.448 e. The highest BCUT2D eigenvalue weighted by Gasteiger charge is 2.38. The summed E-state index contributed by atoms with van der Waals surface area (Å²) in [6, 6.07) is 10.3. The molecule has 0 bridgehead atoms. The first-order chi connectivity index (χ1) is 13.2. The molecule has 7 nitrogen and oxygen atoms in total. The normalized spacial score (nSPS) is 23.6. The van der Waals surface area contributed by atoms with E-state index in [2.05, 4.69) is 17.0 Å². The zero-order valence-corrected chi connectivity index (χ0v) is 17.3. The fourth-order valence-electron chi connectivity index (χ4n) is 3.72. The van der Waals surface area contributed by atoms with Gasteiger partial charge in [0, 0.05) is 38.3 Å². The van der Waals surface area contributed by atoms with Gasteiger partial charge in [0.05, 0.1) is 6.54 Å². The maximum absolute atomic E-state index is 12.7. The van der Waals surface area contributed by atoms with E-state index in [0.717, 1.165) is 13.1 Å². The summed E-state index contributed by atoms with van der Waals surface area (Å²) in [4.78, 5) is 30.5. The first kappa shape index (κ1) is 20.5. The van der Waals surface area contributed by atoms with E-state index in [1.165, 1.54) is 5.56 Å². The number of hydrogen-bond acceptors (Lipinski definition) is 5. The van der Waals surface area contributed by atoms with Crippen LogP contribution in [-0.2, 0) is 16.0 Å². The second-order valence-electron chi connectivity index (χ2n) is 8.61. The zero-order valence-electron chi connectivity index (χ0n) is 17.3. The van der Waals surface area contributed by atoms with Crippen LogP contribution in [0.25, 0.3) is 0 Å². The number of hydrogen-bond donors (Lipinski definition) is 0. The summed E-state index contributed by atoms with van der Waals surface area (Å²) >= 11 is 0. The van der Waals surface area contributed by atoms with Gasteiger partial charge in [0.15, 0.2) is 0 Å². The minimum Gasteiger partial charge on any atom is -0.448 e. The summed E-state index contributed by atoms with van der Waals surface area (Å²) in [6.45, 7) is 11.2. The molecule has 2 heterocycles. The molecule has 0 saturated carbocycles. The van der Waals surface area contributed by atoms with Crippen LogP contribution in [0.4, 0.5) is 9.59 Å². The summed E-state index contributed by atoms with van der Waals surface area (Å²) in [5.41, 5.74) is 0.682. The Bertz CT molecular complexity index is 689. The molecule has 1 aromatic rings. The molecule has 2 aliphatic heterocycles. The number of rotatable bonds is 4. The van der Waals surface area contributed by atoms with E-state index in [1.54, 1.807) is 9.80 Å². The van der Waals surface area contributed by atoms with Crippen molar-refractivity contribution >= 4 is 12.2 Å². The molecule has 2 saturated heterocycles. The minimum atomic E-state index is -0.535. The van der Waals surface area contributed by atoms with Gasteiger partial charge in [-0.2, -0.15) is 0 Å². The molecule has 154 valence electrons. The maximum Gasteiger partial charge on any atom is 0.410 e. The Morgan fingerprint density at radius 2 is 1.93 bits per heavy atom. The van der Waals surface area contributed by atoms with E-state index >= 15 is 0 Å². The molecule has 0 N–H and O–H groups in total. The number of ether oxygens (including phenoxy) is 2. The quantitative estimate of drug-likeness (QED) is 0.792. The van der Waals surface area contributed by atoms with Gasteiger partial charge >= 0.3 is 12.2 Å². The van der Waals surface area contributed by atoms with Crippen molar-refractivity contribution in [1.82, 2.24) is 14.7 Å². The van der Waals surface area contributed by atoms with E-state index < -0.39 is 5.60 Å². The third-order valence-corrected chi connectivity index (χ3v) is 5.09. The lowest BCUT2D eigenvalue weighted by Crippen LogP contribution is -2.61. The van der Waals surface area contributed by atoms with Gasteiger partial charge in [-0.25, -0.2) is 9.59 Å². The second-order valence-corrected chi connectivity index (χ2v) is 8.61. The molecule has 0 unspecified atom stereocenters. The van der Waals surface area contributed by atoms with Crippen LogP contribution < -0.4 is 0 Å². The maximum atomic E-state index is 12.7. The molecule has 7 heteroatoms. The van der Waals surface area contributed by atoms with Crippen LogP contribution in [0.2, 0.25) is 0 Å². The molecule has 0 spiro atoms. The van der Waals surface area contributed by atoms with Crippen molar-refractivity contribution in [3.63, 3.8) is 0 Å². The molecule has 3 rings (SSSR count). The molecule has 28 heavy (non-hydrogen) atoms. The van der Waals surface area contributed by atoms with Gasteiger partial charge in [-0.3, -0.25) is 4.90 Å². The molecule has 2 aliphatic rings. The van der Waals surface area contributed by atoms with Crippen molar-refractivity contribution in [1.29, 1.82) is 0 Å². The van der Waals surface area contributed by atoms with E-state index in [4.69, 9.17) is 9.47 Å². The third-order valence-electron chi connectivity index (χ3n) is 5.09. The van der Waals surface area contributed by atoms with Gasteiger partial charge in [-0.05, 0) is 33.3 Å². The Labute approximate surface area is 167 Å². The van der Waals surface area contributed by atoms with Gasteiger partial charge in [0.25, 0.3) is 0 Å². The van der Waals surface area contributed by atoms with E-state index in [9.17, 15) is 9.59 Å². The van der Waals surface area contributed by atoms with Crippen LogP contribution in [0.15, 0.2) is 30.3 Å². The van der Waals surface area contributed by atoms with Gasteiger partial charge in [0.2, 0.25) is 0 Å². The highest BCUT2D eigenvalue weighted by atomic mass is 16.6. The lowest BCUT2D eigenvalue weighted by atomic mass is 10.1. The van der Waals surface area contributed by atoms with Crippen LogP contribution in [0.5, 0.6) is 0 Å². The third kappa shape index (κ3) is 5.16. The number of carbonyl (C=O) groups is 2. The van der Waals surface area contributed by atoms with Crippen LogP contribution in [-0.4, -0.2) is 77.4 Å². The molecule has 1 aromatic carbocycles. The Kier molecular flexibility index (Phi) is 6.13.